The van der Waals surface area contributed by atoms with Gasteiger partial charge in [0.1, 0.15) is 0 Å². The van der Waals surface area contributed by atoms with Crippen molar-refractivity contribution >= 4 is 11.8 Å². The molecule has 0 saturated carbocycles. The van der Waals surface area contributed by atoms with Gasteiger partial charge in [0.25, 0.3) is 0 Å². The van der Waals surface area contributed by atoms with Crippen molar-refractivity contribution in [3.63, 3.8) is 0 Å². The van der Waals surface area contributed by atoms with Gasteiger partial charge < -0.3 is 5.32 Å². The third-order valence-corrected chi connectivity index (χ3v) is 3.50. The fraction of sp³-hybridized carbons (Fsp3) is 0.467. The Balaban J connectivity index is 2.46. The van der Waals surface area contributed by atoms with E-state index in [1.165, 1.54) is 16.9 Å². The number of nitrogens with one attached hydrogen (secondary N) is 1. The molecule has 1 atom stereocenters. The van der Waals surface area contributed by atoms with Crippen LogP contribution in [0.4, 0.5) is 0 Å². The van der Waals surface area contributed by atoms with E-state index in [0.29, 0.717) is 6.04 Å². The van der Waals surface area contributed by atoms with Gasteiger partial charge in [0, 0.05) is 16.7 Å². The van der Waals surface area contributed by atoms with Crippen LogP contribution in [0.2, 0.25) is 0 Å². The average Bonchev–Trinajstić information content (AvgIpc) is 2.33. The first-order valence-corrected chi connectivity index (χ1v) is 7.27. The summed E-state index contributed by atoms with van der Waals surface area (Å²) in [7, 11) is 0. The molecule has 0 aliphatic heterocycles. The summed E-state index contributed by atoms with van der Waals surface area (Å²) < 4.78 is 0. The van der Waals surface area contributed by atoms with Crippen LogP contribution >= 0.6 is 11.8 Å². The van der Waals surface area contributed by atoms with Crippen molar-refractivity contribution in [2.75, 3.05) is 12.3 Å². The molecule has 0 bridgehead atoms. The Morgan fingerprint density at radius 3 is 2.59 bits per heavy atom. The SMILES string of the molecule is CCCNC(C=C(C)C)CSc1ccccc1. The fourth-order valence-electron chi connectivity index (χ4n) is 1.60. The summed E-state index contributed by atoms with van der Waals surface area (Å²) in [5.41, 5.74) is 1.38. The molecule has 2 heteroatoms. The third-order valence-electron chi connectivity index (χ3n) is 2.36. The van der Waals surface area contributed by atoms with Gasteiger partial charge in [0.05, 0.1) is 0 Å². The number of thioether (sulfide) groups is 1. The zero-order valence-corrected chi connectivity index (χ0v) is 11.9. The molecule has 0 radical (unpaired) electrons. The first kappa shape index (κ1) is 14.3. The second kappa shape index (κ2) is 8.37. The molecule has 0 spiro atoms. The molecule has 0 aromatic heterocycles. The Labute approximate surface area is 110 Å². The first-order valence-electron chi connectivity index (χ1n) is 6.28. The Bertz CT molecular complexity index is 328. The number of rotatable bonds is 7. The molecule has 0 aliphatic carbocycles. The topological polar surface area (TPSA) is 12.0 Å². The van der Waals surface area contributed by atoms with Crippen LogP contribution < -0.4 is 5.32 Å². The van der Waals surface area contributed by atoms with Crippen molar-refractivity contribution in [3.8, 4) is 0 Å². The molecule has 0 aliphatic rings. The maximum atomic E-state index is 3.57. The van der Waals surface area contributed by atoms with Crippen LogP contribution in [0, 0.1) is 0 Å². The largest absolute Gasteiger partial charge is 0.310 e. The standard InChI is InChI=1S/C15H23NS/c1-4-10-16-14(11-13(2)3)12-17-15-8-6-5-7-9-15/h5-9,11,14,16H,4,10,12H2,1-3H3. The molecule has 0 fully saturated rings. The van der Waals surface area contributed by atoms with Crippen molar-refractivity contribution in [3.05, 3.63) is 42.0 Å². The Hall–Kier alpha value is -0.730. The molecule has 0 saturated heterocycles. The van der Waals surface area contributed by atoms with Gasteiger partial charge in [-0.3, -0.25) is 0 Å². The van der Waals surface area contributed by atoms with E-state index >= 15 is 0 Å². The molecule has 17 heavy (non-hydrogen) atoms. The molecule has 0 heterocycles. The predicted molar refractivity (Wildman–Crippen MR) is 78.7 cm³/mol. The monoisotopic (exact) mass is 249 g/mol. The molecule has 1 aromatic rings. The highest BCUT2D eigenvalue weighted by atomic mass is 32.2. The van der Waals surface area contributed by atoms with Gasteiger partial charge in [0.2, 0.25) is 0 Å². The summed E-state index contributed by atoms with van der Waals surface area (Å²) >= 11 is 1.91. The van der Waals surface area contributed by atoms with Gasteiger partial charge in [-0.15, -0.1) is 11.8 Å². The van der Waals surface area contributed by atoms with E-state index in [1.807, 2.05) is 11.8 Å². The lowest BCUT2D eigenvalue weighted by Gasteiger charge is -2.15. The number of allylic oxidation sites excluding steroid dienone is 1. The highest BCUT2D eigenvalue weighted by Crippen LogP contribution is 2.18. The summed E-state index contributed by atoms with van der Waals surface area (Å²) in [4.78, 5) is 1.35. The molecular weight excluding hydrogens is 226 g/mol. The Kier molecular flexibility index (Phi) is 7.06. The van der Waals surface area contributed by atoms with Crippen LogP contribution in [0.15, 0.2) is 46.9 Å². The molecule has 1 N–H and O–H groups in total. The lowest BCUT2D eigenvalue weighted by molar-refractivity contribution is 0.627. The van der Waals surface area contributed by atoms with Gasteiger partial charge in [-0.25, -0.2) is 0 Å². The fourth-order valence-corrected chi connectivity index (χ4v) is 2.54. The lowest BCUT2D eigenvalue weighted by atomic mass is 10.2. The minimum absolute atomic E-state index is 0.477. The highest BCUT2D eigenvalue weighted by molar-refractivity contribution is 7.99. The molecule has 94 valence electrons. The quantitative estimate of drug-likeness (QED) is 0.576. The van der Waals surface area contributed by atoms with Crippen LogP contribution in [-0.4, -0.2) is 18.3 Å². The van der Waals surface area contributed by atoms with Crippen LogP contribution in [0.5, 0.6) is 0 Å². The number of benzene rings is 1. The molecule has 1 rings (SSSR count). The second-order valence-electron chi connectivity index (χ2n) is 4.43. The van der Waals surface area contributed by atoms with E-state index in [1.54, 1.807) is 0 Å². The van der Waals surface area contributed by atoms with Gasteiger partial charge >= 0.3 is 0 Å². The Morgan fingerprint density at radius 1 is 1.29 bits per heavy atom. The van der Waals surface area contributed by atoms with Gasteiger partial charge in [-0.2, -0.15) is 0 Å². The summed E-state index contributed by atoms with van der Waals surface area (Å²) in [6.45, 7) is 7.61. The number of hydrogen-bond acceptors (Lipinski definition) is 2. The predicted octanol–water partition coefficient (Wildman–Crippen LogP) is 4.11. The molecule has 1 aromatic carbocycles. The number of hydrogen-bond donors (Lipinski definition) is 1. The van der Waals surface area contributed by atoms with E-state index in [0.717, 1.165) is 12.3 Å². The normalized spacial score (nSPS) is 12.2. The van der Waals surface area contributed by atoms with E-state index in [9.17, 15) is 0 Å². The van der Waals surface area contributed by atoms with Gasteiger partial charge in [-0.05, 0) is 38.9 Å². The summed E-state index contributed by atoms with van der Waals surface area (Å²) in [5, 5.41) is 3.57. The van der Waals surface area contributed by atoms with Crippen molar-refractivity contribution in [1.29, 1.82) is 0 Å². The summed E-state index contributed by atoms with van der Waals surface area (Å²) in [6, 6.07) is 11.1. The van der Waals surface area contributed by atoms with E-state index in [-0.39, 0.29) is 0 Å². The molecule has 1 unspecified atom stereocenters. The second-order valence-corrected chi connectivity index (χ2v) is 5.52. The smallest absolute Gasteiger partial charge is 0.0347 e. The van der Waals surface area contributed by atoms with Crippen molar-refractivity contribution in [2.24, 2.45) is 0 Å². The summed E-state index contributed by atoms with van der Waals surface area (Å²) in [5.74, 6) is 1.09. The van der Waals surface area contributed by atoms with Crippen molar-refractivity contribution in [2.45, 2.75) is 38.1 Å². The van der Waals surface area contributed by atoms with E-state index < -0.39 is 0 Å². The van der Waals surface area contributed by atoms with Crippen LogP contribution in [0.3, 0.4) is 0 Å². The molecular formula is C15H23NS. The van der Waals surface area contributed by atoms with Crippen LogP contribution in [0.1, 0.15) is 27.2 Å². The van der Waals surface area contributed by atoms with E-state index in [4.69, 9.17) is 0 Å². The summed E-state index contributed by atoms with van der Waals surface area (Å²) in [6.07, 6.45) is 3.51. The van der Waals surface area contributed by atoms with E-state index in [2.05, 4.69) is 62.5 Å². The van der Waals surface area contributed by atoms with Gasteiger partial charge in [0.15, 0.2) is 0 Å². The zero-order chi connectivity index (χ0) is 12.5. The minimum Gasteiger partial charge on any atom is -0.310 e. The van der Waals surface area contributed by atoms with Crippen LogP contribution in [-0.2, 0) is 0 Å². The maximum absolute atomic E-state index is 3.57. The average molecular weight is 249 g/mol. The van der Waals surface area contributed by atoms with Crippen molar-refractivity contribution < 1.29 is 0 Å². The molecule has 1 nitrogen and oxygen atoms in total. The molecule has 0 amide bonds. The van der Waals surface area contributed by atoms with Crippen molar-refractivity contribution in [1.82, 2.24) is 5.32 Å². The Morgan fingerprint density at radius 2 is 2.00 bits per heavy atom. The highest BCUT2D eigenvalue weighted by Gasteiger charge is 2.04. The lowest BCUT2D eigenvalue weighted by Crippen LogP contribution is -2.30. The van der Waals surface area contributed by atoms with Gasteiger partial charge in [-0.1, -0.05) is 36.8 Å². The third kappa shape index (κ3) is 6.54. The maximum Gasteiger partial charge on any atom is 0.0347 e. The first-order chi connectivity index (χ1) is 8.22. The van der Waals surface area contributed by atoms with Crippen LogP contribution in [0.25, 0.3) is 0 Å². The minimum atomic E-state index is 0.477. The zero-order valence-electron chi connectivity index (χ0n) is 11.1.